The summed E-state index contributed by atoms with van der Waals surface area (Å²) in [6.07, 6.45) is 1.17. The zero-order valence-electron chi connectivity index (χ0n) is 14.1. The van der Waals surface area contributed by atoms with Gasteiger partial charge in [0.25, 0.3) is 5.91 Å². The van der Waals surface area contributed by atoms with Crippen molar-refractivity contribution in [1.29, 1.82) is 0 Å². The number of benzene rings is 2. The van der Waals surface area contributed by atoms with Crippen molar-refractivity contribution in [2.75, 3.05) is 0 Å². The molecule has 1 amide bonds. The first kappa shape index (κ1) is 17.0. The molecule has 0 fully saturated rings. The summed E-state index contributed by atoms with van der Waals surface area (Å²) in [4.78, 5) is 12.7. The van der Waals surface area contributed by atoms with Crippen LogP contribution in [0.2, 0.25) is 0 Å². The maximum Gasteiger partial charge on any atom is 0.252 e. The van der Waals surface area contributed by atoms with Crippen molar-refractivity contribution in [1.82, 2.24) is 5.32 Å². The van der Waals surface area contributed by atoms with Crippen molar-refractivity contribution in [2.45, 2.75) is 25.5 Å². The van der Waals surface area contributed by atoms with Crippen LogP contribution in [0.15, 0.2) is 77.4 Å². The Kier molecular flexibility index (Phi) is 5.31. The minimum Gasteiger partial charge on any atom is -0.467 e. The Morgan fingerprint density at radius 2 is 1.76 bits per heavy atom. The molecule has 0 aliphatic carbocycles. The Morgan fingerprint density at radius 1 is 1.04 bits per heavy atom. The van der Waals surface area contributed by atoms with Crippen LogP contribution in [0.25, 0.3) is 11.1 Å². The molecule has 0 saturated heterocycles. The van der Waals surface area contributed by atoms with Crippen LogP contribution >= 0.6 is 0 Å². The number of carbonyl (C=O) groups is 1. The Bertz CT molecular complexity index is 812. The predicted octanol–water partition coefficient (Wildman–Crippen LogP) is 4.19. The van der Waals surface area contributed by atoms with Crippen LogP contribution in [0.3, 0.4) is 0 Å². The first-order chi connectivity index (χ1) is 12.1. The molecule has 0 aliphatic rings. The standard InChI is InChI=1S/C21H21NO3/c1-15(14-19(23)20-12-7-13-25-20)22-21(24)18-11-6-5-10-17(18)16-8-3-2-4-9-16/h2-13,15,19,23H,14H2,1H3,(H,22,24). The van der Waals surface area contributed by atoms with Crippen molar-refractivity contribution in [3.63, 3.8) is 0 Å². The molecule has 2 atom stereocenters. The van der Waals surface area contributed by atoms with Gasteiger partial charge >= 0.3 is 0 Å². The van der Waals surface area contributed by atoms with Crippen molar-refractivity contribution < 1.29 is 14.3 Å². The summed E-state index contributed by atoms with van der Waals surface area (Å²) >= 11 is 0. The van der Waals surface area contributed by atoms with Gasteiger partial charge in [-0.25, -0.2) is 0 Å². The zero-order chi connectivity index (χ0) is 17.6. The summed E-state index contributed by atoms with van der Waals surface area (Å²) in [5.41, 5.74) is 2.50. The first-order valence-electron chi connectivity index (χ1n) is 8.32. The van der Waals surface area contributed by atoms with E-state index in [0.717, 1.165) is 11.1 Å². The lowest BCUT2D eigenvalue weighted by Crippen LogP contribution is -2.34. The predicted molar refractivity (Wildman–Crippen MR) is 97.1 cm³/mol. The minimum absolute atomic E-state index is 0.154. The third kappa shape index (κ3) is 4.17. The summed E-state index contributed by atoms with van der Waals surface area (Å²) in [7, 11) is 0. The van der Waals surface area contributed by atoms with Crippen LogP contribution in [-0.4, -0.2) is 17.1 Å². The average molecular weight is 335 g/mol. The summed E-state index contributed by atoms with van der Waals surface area (Å²) in [6.45, 7) is 1.87. The van der Waals surface area contributed by atoms with E-state index in [4.69, 9.17) is 4.42 Å². The van der Waals surface area contributed by atoms with Gasteiger partial charge in [-0.3, -0.25) is 4.79 Å². The van der Waals surface area contributed by atoms with Gasteiger partial charge in [0.1, 0.15) is 11.9 Å². The van der Waals surface area contributed by atoms with E-state index in [2.05, 4.69) is 5.32 Å². The van der Waals surface area contributed by atoms with Gasteiger partial charge in [-0.1, -0.05) is 48.5 Å². The summed E-state index contributed by atoms with van der Waals surface area (Å²) in [5.74, 6) is 0.351. The lowest BCUT2D eigenvalue weighted by Gasteiger charge is -2.18. The van der Waals surface area contributed by atoms with Gasteiger partial charge in [0.05, 0.1) is 6.26 Å². The van der Waals surface area contributed by atoms with Gasteiger partial charge in [-0.15, -0.1) is 0 Å². The molecule has 2 N–H and O–H groups in total. The highest BCUT2D eigenvalue weighted by atomic mass is 16.4. The highest BCUT2D eigenvalue weighted by molar-refractivity contribution is 6.01. The smallest absolute Gasteiger partial charge is 0.252 e. The minimum atomic E-state index is -0.741. The molecule has 4 nitrogen and oxygen atoms in total. The highest BCUT2D eigenvalue weighted by Crippen LogP contribution is 2.24. The molecule has 2 unspecified atom stereocenters. The van der Waals surface area contributed by atoms with Gasteiger partial charge in [0.15, 0.2) is 0 Å². The van der Waals surface area contributed by atoms with Crippen molar-refractivity contribution in [2.24, 2.45) is 0 Å². The number of rotatable bonds is 6. The summed E-state index contributed by atoms with van der Waals surface area (Å²) < 4.78 is 5.20. The Hall–Kier alpha value is -2.85. The average Bonchev–Trinajstić information content (AvgIpc) is 3.17. The van der Waals surface area contributed by atoms with Crippen LogP contribution in [0, 0.1) is 0 Å². The number of nitrogens with one attached hydrogen (secondary N) is 1. The summed E-state index contributed by atoms with van der Waals surface area (Å²) in [6, 6.07) is 20.6. The number of amides is 1. The lowest BCUT2D eigenvalue weighted by molar-refractivity contribution is 0.0903. The topological polar surface area (TPSA) is 62.5 Å². The van der Waals surface area contributed by atoms with Crippen LogP contribution in [0.1, 0.15) is 35.6 Å². The molecule has 2 aromatic carbocycles. The van der Waals surface area contributed by atoms with Gasteiger partial charge in [0.2, 0.25) is 0 Å². The van der Waals surface area contributed by atoms with E-state index in [0.29, 0.717) is 17.7 Å². The van der Waals surface area contributed by atoms with Gasteiger partial charge in [-0.05, 0) is 36.2 Å². The summed E-state index contributed by atoms with van der Waals surface area (Å²) in [5, 5.41) is 13.1. The number of hydrogen-bond donors (Lipinski definition) is 2. The fourth-order valence-corrected chi connectivity index (χ4v) is 2.84. The molecule has 128 valence electrons. The second-order valence-corrected chi connectivity index (χ2v) is 6.05. The van der Waals surface area contributed by atoms with Crippen LogP contribution < -0.4 is 5.32 Å². The molecule has 1 heterocycles. The molecule has 0 bridgehead atoms. The Morgan fingerprint density at radius 3 is 2.48 bits per heavy atom. The molecule has 0 saturated carbocycles. The fourth-order valence-electron chi connectivity index (χ4n) is 2.84. The van der Waals surface area contributed by atoms with E-state index in [-0.39, 0.29) is 11.9 Å². The Balaban J connectivity index is 1.71. The van der Waals surface area contributed by atoms with Crippen molar-refractivity contribution in [3.8, 4) is 11.1 Å². The molecule has 3 aromatic rings. The second-order valence-electron chi connectivity index (χ2n) is 6.05. The van der Waals surface area contributed by atoms with E-state index in [1.807, 2.05) is 61.5 Å². The molecular weight excluding hydrogens is 314 g/mol. The molecule has 3 rings (SSSR count). The van der Waals surface area contributed by atoms with E-state index < -0.39 is 6.10 Å². The van der Waals surface area contributed by atoms with Gasteiger partial charge in [0, 0.05) is 18.0 Å². The Labute approximate surface area is 147 Å². The molecule has 25 heavy (non-hydrogen) atoms. The van der Waals surface area contributed by atoms with E-state index >= 15 is 0 Å². The van der Waals surface area contributed by atoms with E-state index in [1.165, 1.54) is 6.26 Å². The normalized spacial score (nSPS) is 13.2. The zero-order valence-corrected chi connectivity index (χ0v) is 14.1. The van der Waals surface area contributed by atoms with Crippen molar-refractivity contribution >= 4 is 5.91 Å². The van der Waals surface area contributed by atoms with Crippen molar-refractivity contribution in [3.05, 3.63) is 84.3 Å². The third-order valence-corrected chi connectivity index (χ3v) is 4.08. The van der Waals surface area contributed by atoms with Gasteiger partial charge in [-0.2, -0.15) is 0 Å². The highest BCUT2D eigenvalue weighted by Gasteiger charge is 2.18. The van der Waals surface area contributed by atoms with Crippen LogP contribution in [-0.2, 0) is 0 Å². The quantitative estimate of drug-likeness (QED) is 0.710. The molecule has 0 radical (unpaired) electrons. The fraction of sp³-hybridized carbons (Fsp3) is 0.190. The molecule has 4 heteroatoms. The second kappa shape index (κ2) is 7.81. The number of carbonyl (C=O) groups excluding carboxylic acids is 1. The SMILES string of the molecule is CC(CC(O)c1ccco1)NC(=O)c1ccccc1-c1ccccc1. The molecule has 1 aromatic heterocycles. The molecular formula is C21H21NO3. The molecule has 0 aliphatic heterocycles. The van der Waals surface area contributed by atoms with E-state index in [9.17, 15) is 9.90 Å². The number of aliphatic hydroxyl groups excluding tert-OH is 1. The van der Waals surface area contributed by atoms with Gasteiger partial charge < -0.3 is 14.8 Å². The lowest BCUT2D eigenvalue weighted by atomic mass is 9.99. The molecule has 0 spiro atoms. The largest absolute Gasteiger partial charge is 0.467 e. The van der Waals surface area contributed by atoms with E-state index in [1.54, 1.807) is 12.1 Å². The third-order valence-electron chi connectivity index (χ3n) is 4.08. The van der Waals surface area contributed by atoms with Crippen LogP contribution in [0.4, 0.5) is 0 Å². The number of aliphatic hydroxyl groups is 1. The van der Waals surface area contributed by atoms with Crippen LogP contribution in [0.5, 0.6) is 0 Å². The maximum absolute atomic E-state index is 12.7. The number of hydrogen-bond acceptors (Lipinski definition) is 3. The monoisotopic (exact) mass is 335 g/mol. The number of furan rings is 1. The maximum atomic E-state index is 12.7. The first-order valence-corrected chi connectivity index (χ1v) is 8.32.